The van der Waals surface area contributed by atoms with E-state index >= 15 is 0 Å². The minimum atomic E-state index is -0.575. The largest absolute Gasteiger partial charge is 0.493 e. The second kappa shape index (κ2) is 8.65. The molecule has 7 nitrogen and oxygen atoms in total. The summed E-state index contributed by atoms with van der Waals surface area (Å²) in [4.78, 5) is 36.4. The minimum absolute atomic E-state index is 0.0909. The van der Waals surface area contributed by atoms with Gasteiger partial charge in [0.25, 0.3) is 11.1 Å². The lowest BCUT2D eigenvalue weighted by Crippen LogP contribution is -2.28. The van der Waals surface area contributed by atoms with Crippen LogP contribution >= 0.6 is 23.4 Å². The van der Waals surface area contributed by atoms with E-state index in [4.69, 9.17) is 27.5 Å². The van der Waals surface area contributed by atoms with E-state index in [1.165, 1.54) is 26.4 Å². The lowest BCUT2D eigenvalue weighted by molar-refractivity contribution is -0.142. The monoisotopic (exact) mass is 395 g/mol. The Kier molecular flexibility index (Phi) is 6.55. The molecule has 1 aliphatic heterocycles. The number of thioether (sulfide) groups is 1. The maximum atomic E-state index is 12.2. The average Bonchev–Trinajstić information content (AvgIpc) is 2.87. The van der Waals surface area contributed by atoms with Gasteiger partial charge in [0.05, 0.1) is 30.7 Å². The van der Waals surface area contributed by atoms with Crippen molar-refractivity contribution in [1.29, 1.82) is 0 Å². The van der Waals surface area contributed by atoms with Crippen LogP contribution in [0.25, 0.3) is 6.08 Å². The summed E-state index contributed by atoms with van der Waals surface area (Å²) in [6.45, 7) is -0.427. The summed E-state index contributed by atoms with van der Waals surface area (Å²) in [5, 5.41) is -0.266. The number of imide groups is 1. The maximum Gasteiger partial charge on any atom is 0.343 e. The number of ether oxygens (including phenoxy) is 3. The van der Waals surface area contributed by atoms with Crippen LogP contribution in [0.5, 0.6) is 11.5 Å². The molecule has 0 bridgehead atoms. The van der Waals surface area contributed by atoms with Gasteiger partial charge in [0.15, 0.2) is 18.1 Å². The fraction of sp³-hybridized carbons (Fsp3) is 0.235. The van der Waals surface area contributed by atoms with Crippen molar-refractivity contribution in [3.05, 3.63) is 27.6 Å². The summed E-state index contributed by atoms with van der Waals surface area (Å²) >= 11 is 6.97. The molecule has 1 heterocycles. The van der Waals surface area contributed by atoms with Gasteiger partial charge in [-0.15, -0.1) is 6.42 Å². The highest BCUT2D eigenvalue weighted by molar-refractivity contribution is 8.18. The second-order valence-corrected chi connectivity index (χ2v) is 6.27. The Hall–Kier alpha value is -2.63. The van der Waals surface area contributed by atoms with Crippen LogP contribution in [0.2, 0.25) is 5.02 Å². The number of rotatable bonds is 6. The van der Waals surface area contributed by atoms with Crippen molar-refractivity contribution in [2.75, 3.05) is 27.4 Å². The molecule has 1 aromatic carbocycles. The number of halogens is 1. The van der Waals surface area contributed by atoms with Crippen LogP contribution in [0.3, 0.4) is 0 Å². The van der Waals surface area contributed by atoms with E-state index in [-0.39, 0.29) is 34.6 Å². The highest BCUT2D eigenvalue weighted by Gasteiger charge is 2.34. The summed E-state index contributed by atoms with van der Waals surface area (Å²) in [5.41, 5.74) is 0.517. The van der Waals surface area contributed by atoms with Gasteiger partial charge in [0.2, 0.25) is 0 Å². The Morgan fingerprint density at radius 1 is 1.38 bits per heavy atom. The molecule has 0 unspecified atom stereocenters. The molecule has 0 radical (unpaired) electrons. The topological polar surface area (TPSA) is 82.1 Å². The molecule has 9 heteroatoms. The number of methoxy groups -OCH3 is 2. The second-order valence-electron chi connectivity index (χ2n) is 4.87. The number of nitrogens with zero attached hydrogens (tertiary/aromatic N) is 1. The standard InChI is InChI=1S/C17H14ClNO6S/c1-4-5-19-16(21)13(26-17(19)22)8-10-6-11(18)15(12(7-10)23-2)25-9-14(20)24-3/h1,6-8H,5,9H2,2-3H3/b13-8-. The lowest BCUT2D eigenvalue weighted by Gasteiger charge is -2.12. The molecule has 0 saturated carbocycles. The Morgan fingerprint density at radius 3 is 2.73 bits per heavy atom. The molecule has 136 valence electrons. The molecule has 0 aromatic heterocycles. The van der Waals surface area contributed by atoms with Crippen LogP contribution < -0.4 is 9.47 Å². The zero-order valence-corrected chi connectivity index (χ0v) is 15.5. The van der Waals surface area contributed by atoms with Crippen LogP contribution in [0.15, 0.2) is 17.0 Å². The minimum Gasteiger partial charge on any atom is -0.493 e. The number of benzene rings is 1. The predicted molar refractivity (Wildman–Crippen MR) is 97.0 cm³/mol. The van der Waals surface area contributed by atoms with Gasteiger partial charge < -0.3 is 14.2 Å². The van der Waals surface area contributed by atoms with E-state index in [9.17, 15) is 14.4 Å². The summed E-state index contributed by atoms with van der Waals surface area (Å²) in [7, 11) is 2.64. The van der Waals surface area contributed by atoms with Crippen molar-refractivity contribution in [2.45, 2.75) is 0 Å². The first-order chi connectivity index (χ1) is 12.4. The average molecular weight is 396 g/mol. The molecule has 26 heavy (non-hydrogen) atoms. The van der Waals surface area contributed by atoms with Gasteiger partial charge in [-0.3, -0.25) is 14.5 Å². The molecular formula is C17H14ClNO6S. The lowest BCUT2D eigenvalue weighted by atomic mass is 10.1. The van der Waals surface area contributed by atoms with Crippen molar-refractivity contribution < 1.29 is 28.6 Å². The van der Waals surface area contributed by atoms with Crippen LogP contribution in [-0.2, 0) is 14.3 Å². The van der Waals surface area contributed by atoms with Crippen molar-refractivity contribution >= 4 is 46.6 Å². The Bertz CT molecular complexity index is 829. The Balaban J connectivity index is 2.30. The van der Waals surface area contributed by atoms with Crippen molar-refractivity contribution in [3.63, 3.8) is 0 Å². The van der Waals surface area contributed by atoms with Gasteiger partial charge in [-0.05, 0) is 35.5 Å². The summed E-state index contributed by atoms with van der Waals surface area (Å²) in [5.74, 6) is 1.64. The van der Waals surface area contributed by atoms with E-state index in [0.29, 0.717) is 5.56 Å². The van der Waals surface area contributed by atoms with Gasteiger partial charge in [0, 0.05) is 0 Å². The quantitative estimate of drug-likeness (QED) is 0.416. The van der Waals surface area contributed by atoms with Gasteiger partial charge in [-0.1, -0.05) is 17.5 Å². The van der Waals surface area contributed by atoms with Gasteiger partial charge in [0.1, 0.15) is 0 Å². The molecule has 0 N–H and O–H groups in total. The third kappa shape index (κ3) is 4.31. The summed E-state index contributed by atoms with van der Waals surface area (Å²) < 4.78 is 15.0. The number of esters is 1. The first-order valence-electron chi connectivity index (χ1n) is 7.17. The van der Waals surface area contributed by atoms with E-state index in [2.05, 4.69) is 10.7 Å². The molecule has 1 aromatic rings. The SMILES string of the molecule is C#CCN1C(=O)S/C(=C\c2cc(Cl)c(OCC(=O)OC)c(OC)c2)C1=O. The number of amides is 2. The molecule has 0 aliphatic carbocycles. The zero-order chi connectivity index (χ0) is 19.3. The molecule has 0 spiro atoms. The number of hydrogen-bond acceptors (Lipinski definition) is 7. The molecule has 2 amide bonds. The fourth-order valence-corrected chi connectivity index (χ4v) is 3.14. The van der Waals surface area contributed by atoms with Crippen LogP contribution in [0.4, 0.5) is 4.79 Å². The number of carbonyl (C=O) groups is 3. The normalized spacial score (nSPS) is 15.2. The smallest absolute Gasteiger partial charge is 0.343 e. The summed E-state index contributed by atoms with van der Waals surface area (Å²) in [6.07, 6.45) is 6.66. The molecular weight excluding hydrogens is 382 g/mol. The Morgan fingerprint density at radius 2 is 2.12 bits per heavy atom. The highest BCUT2D eigenvalue weighted by Crippen LogP contribution is 2.38. The fourth-order valence-electron chi connectivity index (χ4n) is 2.03. The molecule has 1 fully saturated rings. The van der Waals surface area contributed by atoms with E-state index in [1.54, 1.807) is 6.07 Å². The first kappa shape index (κ1) is 19.7. The Labute approximate surface area is 159 Å². The van der Waals surface area contributed by atoms with Crippen LogP contribution in [-0.4, -0.2) is 49.4 Å². The third-order valence-electron chi connectivity index (χ3n) is 3.23. The van der Waals surface area contributed by atoms with E-state index < -0.39 is 17.1 Å². The number of carbonyl (C=O) groups excluding carboxylic acids is 3. The predicted octanol–water partition coefficient (Wildman–Crippen LogP) is 2.57. The first-order valence-corrected chi connectivity index (χ1v) is 8.36. The number of terminal acetylenes is 1. The van der Waals surface area contributed by atoms with Crippen molar-refractivity contribution in [3.8, 4) is 23.8 Å². The van der Waals surface area contributed by atoms with Crippen LogP contribution in [0.1, 0.15) is 5.56 Å². The van der Waals surface area contributed by atoms with E-state index in [0.717, 1.165) is 16.7 Å². The van der Waals surface area contributed by atoms with Crippen molar-refractivity contribution in [2.24, 2.45) is 0 Å². The molecule has 0 atom stereocenters. The van der Waals surface area contributed by atoms with Gasteiger partial charge in [-0.2, -0.15) is 0 Å². The van der Waals surface area contributed by atoms with Crippen LogP contribution in [0, 0.1) is 12.3 Å². The van der Waals surface area contributed by atoms with E-state index in [1.807, 2.05) is 0 Å². The molecule has 1 saturated heterocycles. The molecule has 1 aliphatic rings. The summed E-state index contributed by atoms with van der Waals surface area (Å²) in [6, 6.07) is 3.08. The maximum absolute atomic E-state index is 12.2. The van der Waals surface area contributed by atoms with Gasteiger partial charge in [-0.25, -0.2) is 4.79 Å². The number of hydrogen-bond donors (Lipinski definition) is 0. The molecule has 2 rings (SSSR count). The van der Waals surface area contributed by atoms with Gasteiger partial charge >= 0.3 is 5.97 Å². The third-order valence-corrected chi connectivity index (χ3v) is 4.42. The highest BCUT2D eigenvalue weighted by atomic mass is 35.5. The zero-order valence-electron chi connectivity index (χ0n) is 13.9. The van der Waals surface area contributed by atoms with Crippen molar-refractivity contribution in [1.82, 2.24) is 4.90 Å².